The van der Waals surface area contributed by atoms with Crippen molar-refractivity contribution in [2.24, 2.45) is 0 Å². The Morgan fingerprint density at radius 3 is 2.67 bits per heavy atom. The summed E-state index contributed by atoms with van der Waals surface area (Å²) in [6, 6.07) is 14.9. The van der Waals surface area contributed by atoms with Crippen molar-refractivity contribution in [3.05, 3.63) is 63.9 Å². The molecule has 2 nitrogen and oxygen atoms in total. The number of carboxylic acid groups (broad SMARTS) is 1. The first-order valence-electron chi connectivity index (χ1n) is 7.25. The van der Waals surface area contributed by atoms with Gasteiger partial charge in [0.05, 0.1) is 0 Å². The van der Waals surface area contributed by atoms with Crippen LogP contribution in [-0.4, -0.2) is 11.1 Å². The number of unbranched alkanes of at least 4 members (excludes halogenated alkanes) is 1. The second-order valence-electron chi connectivity index (χ2n) is 4.98. The van der Waals surface area contributed by atoms with Gasteiger partial charge in [0.2, 0.25) is 0 Å². The van der Waals surface area contributed by atoms with E-state index in [0.29, 0.717) is 6.42 Å². The summed E-state index contributed by atoms with van der Waals surface area (Å²) in [5.41, 5.74) is 1.37. The normalized spacial score (nSPS) is 11.0. The number of carboxylic acids is 1. The Hall–Kier alpha value is -1.87. The van der Waals surface area contributed by atoms with Crippen LogP contribution in [-0.2, 0) is 17.6 Å². The lowest BCUT2D eigenvalue weighted by molar-refractivity contribution is -0.137. The Morgan fingerprint density at radius 2 is 1.90 bits per heavy atom. The summed E-state index contributed by atoms with van der Waals surface area (Å²) < 4.78 is 0. The van der Waals surface area contributed by atoms with Gasteiger partial charge in [-0.05, 0) is 49.5 Å². The smallest absolute Gasteiger partial charge is 0.303 e. The van der Waals surface area contributed by atoms with E-state index in [1.54, 1.807) is 0 Å². The van der Waals surface area contributed by atoms with Crippen LogP contribution in [0.5, 0.6) is 0 Å². The highest BCUT2D eigenvalue weighted by Crippen LogP contribution is 2.20. The summed E-state index contributed by atoms with van der Waals surface area (Å²) in [7, 11) is 0. The summed E-state index contributed by atoms with van der Waals surface area (Å²) in [5, 5.41) is 8.56. The van der Waals surface area contributed by atoms with Crippen molar-refractivity contribution in [1.29, 1.82) is 0 Å². The number of aliphatic carboxylic acids is 1. The van der Waals surface area contributed by atoms with Crippen LogP contribution < -0.4 is 0 Å². The Labute approximate surface area is 129 Å². The number of hydrogen-bond donors (Lipinski definition) is 1. The van der Waals surface area contributed by atoms with E-state index >= 15 is 0 Å². The molecule has 21 heavy (non-hydrogen) atoms. The topological polar surface area (TPSA) is 37.3 Å². The molecule has 0 spiro atoms. The monoisotopic (exact) mass is 300 g/mol. The zero-order valence-electron chi connectivity index (χ0n) is 12.0. The summed E-state index contributed by atoms with van der Waals surface area (Å²) >= 11 is 1.81. The van der Waals surface area contributed by atoms with E-state index in [-0.39, 0.29) is 6.42 Å². The number of allylic oxidation sites excluding steroid dienone is 1. The van der Waals surface area contributed by atoms with E-state index in [2.05, 4.69) is 48.6 Å². The molecule has 3 heteroatoms. The average Bonchev–Trinajstić information content (AvgIpc) is 2.93. The van der Waals surface area contributed by atoms with Crippen molar-refractivity contribution in [1.82, 2.24) is 0 Å². The van der Waals surface area contributed by atoms with E-state index in [4.69, 9.17) is 5.11 Å². The highest BCUT2D eigenvalue weighted by molar-refractivity contribution is 7.12. The van der Waals surface area contributed by atoms with Crippen LogP contribution in [0.1, 0.15) is 34.6 Å². The maximum Gasteiger partial charge on any atom is 0.303 e. The van der Waals surface area contributed by atoms with Crippen LogP contribution in [0.3, 0.4) is 0 Å². The van der Waals surface area contributed by atoms with Crippen molar-refractivity contribution in [2.45, 2.75) is 32.1 Å². The van der Waals surface area contributed by atoms with Gasteiger partial charge in [-0.1, -0.05) is 36.4 Å². The maximum atomic E-state index is 10.4. The molecule has 0 radical (unpaired) electrons. The second-order valence-corrected chi connectivity index (χ2v) is 6.18. The van der Waals surface area contributed by atoms with E-state index in [1.165, 1.54) is 15.3 Å². The lowest BCUT2D eigenvalue weighted by Gasteiger charge is -1.98. The quantitative estimate of drug-likeness (QED) is 0.711. The molecule has 1 aromatic heterocycles. The van der Waals surface area contributed by atoms with Crippen molar-refractivity contribution in [3.8, 4) is 0 Å². The van der Waals surface area contributed by atoms with Gasteiger partial charge >= 0.3 is 5.97 Å². The van der Waals surface area contributed by atoms with E-state index in [0.717, 1.165) is 19.3 Å². The largest absolute Gasteiger partial charge is 0.481 e. The Kier molecular flexibility index (Phi) is 6.22. The molecule has 0 bridgehead atoms. The molecule has 0 saturated carbocycles. The molecule has 0 aliphatic heterocycles. The minimum Gasteiger partial charge on any atom is -0.481 e. The van der Waals surface area contributed by atoms with Crippen molar-refractivity contribution < 1.29 is 9.90 Å². The number of carbonyl (C=O) groups is 1. The van der Waals surface area contributed by atoms with Crippen LogP contribution in [0.15, 0.2) is 48.5 Å². The molecule has 1 heterocycles. The van der Waals surface area contributed by atoms with Crippen LogP contribution in [0.4, 0.5) is 0 Å². The minimum absolute atomic E-state index is 0.247. The fourth-order valence-electron chi connectivity index (χ4n) is 2.10. The highest BCUT2D eigenvalue weighted by Gasteiger charge is 1.99. The predicted molar refractivity (Wildman–Crippen MR) is 88.7 cm³/mol. The summed E-state index contributed by atoms with van der Waals surface area (Å²) in [5.74, 6) is -0.720. The molecule has 2 rings (SSSR count). The Balaban J connectivity index is 1.76. The average molecular weight is 300 g/mol. The summed E-state index contributed by atoms with van der Waals surface area (Å²) in [6.45, 7) is 0. The van der Waals surface area contributed by atoms with Crippen LogP contribution in [0.2, 0.25) is 0 Å². The zero-order valence-corrected chi connectivity index (χ0v) is 12.8. The fraction of sp³-hybridized carbons (Fsp3) is 0.278. The SMILES string of the molecule is O=C(O)CCCC=Cc1ccc(CCc2ccccc2)s1. The first-order chi connectivity index (χ1) is 10.2. The molecular weight excluding hydrogens is 280 g/mol. The molecule has 1 aromatic carbocycles. The minimum atomic E-state index is -0.720. The third-order valence-electron chi connectivity index (χ3n) is 3.23. The molecule has 110 valence electrons. The highest BCUT2D eigenvalue weighted by atomic mass is 32.1. The Bertz CT molecular complexity index is 584. The van der Waals surface area contributed by atoms with Gasteiger partial charge in [0.25, 0.3) is 0 Å². The van der Waals surface area contributed by atoms with Gasteiger partial charge in [0, 0.05) is 16.2 Å². The van der Waals surface area contributed by atoms with Crippen molar-refractivity contribution in [3.63, 3.8) is 0 Å². The van der Waals surface area contributed by atoms with Gasteiger partial charge < -0.3 is 5.11 Å². The molecule has 0 aliphatic rings. The molecule has 0 fully saturated rings. The fourth-order valence-corrected chi connectivity index (χ4v) is 3.04. The third-order valence-corrected chi connectivity index (χ3v) is 4.34. The lowest BCUT2D eigenvalue weighted by Crippen LogP contribution is -1.92. The molecule has 1 N–H and O–H groups in total. The van der Waals surface area contributed by atoms with Crippen LogP contribution >= 0.6 is 11.3 Å². The molecular formula is C18H20O2S. The van der Waals surface area contributed by atoms with E-state index < -0.39 is 5.97 Å². The Morgan fingerprint density at radius 1 is 1.10 bits per heavy atom. The zero-order chi connectivity index (χ0) is 14.9. The first-order valence-corrected chi connectivity index (χ1v) is 8.06. The summed E-state index contributed by atoms with van der Waals surface area (Å²) in [6.07, 6.45) is 8.08. The van der Waals surface area contributed by atoms with Gasteiger partial charge in [0.15, 0.2) is 0 Å². The molecule has 0 unspecified atom stereocenters. The predicted octanol–water partition coefficient (Wildman–Crippen LogP) is 4.80. The standard InChI is InChI=1S/C18H20O2S/c19-18(20)10-6-2-5-9-16-13-14-17(21-16)12-11-15-7-3-1-4-8-15/h1,3-5,7-9,13-14H,2,6,10-12H2,(H,19,20). The van der Waals surface area contributed by atoms with Crippen LogP contribution in [0, 0.1) is 0 Å². The van der Waals surface area contributed by atoms with Crippen LogP contribution in [0.25, 0.3) is 6.08 Å². The van der Waals surface area contributed by atoms with Gasteiger partial charge in [0.1, 0.15) is 0 Å². The maximum absolute atomic E-state index is 10.4. The first kappa shape index (κ1) is 15.5. The van der Waals surface area contributed by atoms with Gasteiger partial charge in [-0.25, -0.2) is 0 Å². The number of thiophene rings is 1. The van der Waals surface area contributed by atoms with Crippen molar-refractivity contribution in [2.75, 3.05) is 0 Å². The van der Waals surface area contributed by atoms with Gasteiger partial charge in [-0.2, -0.15) is 0 Å². The molecule has 2 aromatic rings. The number of aryl methyl sites for hydroxylation is 2. The molecule has 0 aliphatic carbocycles. The third kappa shape index (κ3) is 5.96. The molecule has 0 saturated heterocycles. The number of benzene rings is 1. The number of rotatable bonds is 8. The second kappa shape index (κ2) is 8.42. The number of hydrogen-bond acceptors (Lipinski definition) is 2. The lowest BCUT2D eigenvalue weighted by atomic mass is 10.1. The van der Waals surface area contributed by atoms with E-state index in [9.17, 15) is 4.79 Å². The molecule has 0 amide bonds. The molecule has 0 atom stereocenters. The summed E-state index contributed by atoms with van der Waals surface area (Å²) in [4.78, 5) is 13.0. The van der Waals surface area contributed by atoms with Crippen molar-refractivity contribution >= 4 is 23.4 Å². The van der Waals surface area contributed by atoms with E-state index in [1.807, 2.05) is 17.4 Å². The van der Waals surface area contributed by atoms with Gasteiger partial charge in [-0.3, -0.25) is 4.79 Å². The van der Waals surface area contributed by atoms with Gasteiger partial charge in [-0.15, -0.1) is 11.3 Å².